The van der Waals surface area contributed by atoms with Gasteiger partial charge in [0.15, 0.2) is 11.5 Å². The molecule has 4 rings (SSSR count). The van der Waals surface area contributed by atoms with Crippen molar-refractivity contribution in [2.75, 3.05) is 0 Å². The van der Waals surface area contributed by atoms with Crippen LogP contribution in [0.3, 0.4) is 0 Å². The quantitative estimate of drug-likeness (QED) is 0.220. The molecule has 12 heteroatoms. The third-order valence-corrected chi connectivity index (χ3v) is 5.92. The first-order chi connectivity index (χ1) is 16.6. The highest BCUT2D eigenvalue weighted by Crippen LogP contribution is 2.45. The molecule has 1 amide bonds. The maximum atomic E-state index is 15.0. The molecule has 0 aliphatic heterocycles. The number of carbonyl (C=O) groups is 1. The van der Waals surface area contributed by atoms with E-state index in [4.69, 9.17) is 10.4 Å². The van der Waals surface area contributed by atoms with E-state index >= 15 is 0 Å². The standard InChI is InChI=1S/C23H20F5N5O2/c1-3-12-11(2)8-9-15(25)17(12)19-18(22(34)31-29)20(35-32-19)13-10-30-33(21(13)23(26,27)28)16-7-5-4-6-14(16)24/h4-12H,3,29H2,1-2H3,(H,31,34)/t11-,12?/m0/s1. The van der Waals surface area contributed by atoms with Gasteiger partial charge in [-0.25, -0.2) is 19.3 Å². The number of nitrogens with two attached hydrogens (primary N) is 1. The molecule has 2 aromatic heterocycles. The van der Waals surface area contributed by atoms with Crippen LogP contribution in [0.25, 0.3) is 22.6 Å². The van der Waals surface area contributed by atoms with Crippen molar-refractivity contribution in [3.8, 4) is 17.0 Å². The lowest BCUT2D eigenvalue weighted by atomic mass is 9.78. The van der Waals surface area contributed by atoms with E-state index in [1.165, 1.54) is 18.2 Å². The molecule has 1 aliphatic carbocycles. The molecule has 184 valence electrons. The number of nitrogen functional groups attached to an aromatic ring is 1. The summed E-state index contributed by atoms with van der Waals surface area (Å²) in [4.78, 5) is 12.7. The van der Waals surface area contributed by atoms with Crippen LogP contribution in [0.15, 0.2) is 53.0 Å². The number of nitrogens with one attached hydrogen (secondary N) is 1. The number of carbonyl (C=O) groups excluding carboxylic acids is 1. The maximum Gasteiger partial charge on any atom is 0.434 e. The summed E-state index contributed by atoms with van der Waals surface area (Å²) in [5.41, 5.74) is -1.45. The summed E-state index contributed by atoms with van der Waals surface area (Å²) in [6, 6.07) is 4.75. The van der Waals surface area contributed by atoms with E-state index in [9.17, 15) is 26.7 Å². The third-order valence-electron chi connectivity index (χ3n) is 5.92. The van der Waals surface area contributed by atoms with Crippen LogP contribution < -0.4 is 11.3 Å². The molecule has 0 saturated heterocycles. The summed E-state index contributed by atoms with van der Waals surface area (Å²) >= 11 is 0. The van der Waals surface area contributed by atoms with Crippen molar-refractivity contribution in [1.29, 1.82) is 0 Å². The van der Waals surface area contributed by atoms with Gasteiger partial charge in [-0.05, 0) is 36.5 Å². The largest absolute Gasteiger partial charge is 0.434 e. The van der Waals surface area contributed by atoms with Gasteiger partial charge in [0.25, 0.3) is 5.91 Å². The number of amides is 1. The molecule has 1 unspecified atom stereocenters. The number of halogens is 5. The Kier molecular flexibility index (Phi) is 6.32. The Bertz CT molecular complexity index is 1340. The fourth-order valence-corrected chi connectivity index (χ4v) is 4.30. The molecule has 3 aromatic rings. The Morgan fingerprint density at radius 3 is 2.60 bits per heavy atom. The molecule has 0 spiro atoms. The van der Waals surface area contributed by atoms with Crippen molar-refractivity contribution in [2.45, 2.75) is 26.4 Å². The summed E-state index contributed by atoms with van der Waals surface area (Å²) in [6.07, 6.45) is -0.952. The zero-order valence-corrected chi connectivity index (χ0v) is 18.5. The Morgan fingerprint density at radius 1 is 1.26 bits per heavy atom. The second-order valence-corrected chi connectivity index (χ2v) is 7.97. The van der Waals surface area contributed by atoms with Crippen LogP contribution in [-0.2, 0) is 6.18 Å². The number of rotatable bonds is 5. The van der Waals surface area contributed by atoms with Gasteiger partial charge in [0.05, 0.1) is 11.8 Å². The number of nitrogens with zero attached hydrogens (tertiary/aromatic N) is 3. The predicted octanol–water partition coefficient (Wildman–Crippen LogP) is 5.20. The first kappa shape index (κ1) is 24.3. The van der Waals surface area contributed by atoms with Crippen LogP contribution in [0.4, 0.5) is 22.0 Å². The van der Waals surface area contributed by atoms with Gasteiger partial charge in [-0.2, -0.15) is 18.3 Å². The molecule has 2 atom stereocenters. The fraction of sp³-hybridized carbons (Fsp3) is 0.261. The highest BCUT2D eigenvalue weighted by atomic mass is 19.4. The zero-order chi connectivity index (χ0) is 25.5. The molecule has 3 N–H and O–H groups in total. The number of hydrogen-bond acceptors (Lipinski definition) is 5. The van der Waals surface area contributed by atoms with Gasteiger partial charge in [0.1, 0.15) is 28.6 Å². The lowest BCUT2D eigenvalue weighted by Gasteiger charge is -2.26. The van der Waals surface area contributed by atoms with Crippen molar-refractivity contribution >= 4 is 11.5 Å². The van der Waals surface area contributed by atoms with E-state index in [1.54, 1.807) is 13.0 Å². The summed E-state index contributed by atoms with van der Waals surface area (Å²) in [6.45, 7) is 3.64. The predicted molar refractivity (Wildman–Crippen MR) is 116 cm³/mol. The number of benzene rings is 1. The monoisotopic (exact) mass is 493 g/mol. The van der Waals surface area contributed by atoms with Crippen LogP contribution in [0, 0.1) is 17.7 Å². The number of para-hydroxylation sites is 1. The number of allylic oxidation sites excluding steroid dienone is 4. The van der Waals surface area contributed by atoms with E-state index in [0.717, 1.165) is 18.3 Å². The Hall–Kier alpha value is -3.80. The number of aromatic nitrogens is 3. The molecular weight excluding hydrogens is 473 g/mol. The average molecular weight is 493 g/mol. The van der Waals surface area contributed by atoms with Gasteiger partial charge in [-0.1, -0.05) is 37.2 Å². The first-order valence-electron chi connectivity index (χ1n) is 10.6. The summed E-state index contributed by atoms with van der Waals surface area (Å²) in [7, 11) is 0. The lowest BCUT2D eigenvalue weighted by molar-refractivity contribution is -0.142. The van der Waals surface area contributed by atoms with Crippen molar-refractivity contribution in [2.24, 2.45) is 17.7 Å². The van der Waals surface area contributed by atoms with Gasteiger partial charge in [0, 0.05) is 5.57 Å². The van der Waals surface area contributed by atoms with Crippen molar-refractivity contribution in [1.82, 2.24) is 20.4 Å². The van der Waals surface area contributed by atoms with Crippen LogP contribution in [-0.4, -0.2) is 20.8 Å². The van der Waals surface area contributed by atoms with Crippen molar-refractivity contribution in [3.63, 3.8) is 0 Å². The number of hydrogen-bond donors (Lipinski definition) is 2. The number of hydrazine groups is 1. The van der Waals surface area contributed by atoms with Crippen LogP contribution in [0.2, 0.25) is 0 Å². The molecule has 2 heterocycles. The van der Waals surface area contributed by atoms with E-state index in [1.807, 2.05) is 12.3 Å². The smallest absolute Gasteiger partial charge is 0.355 e. The van der Waals surface area contributed by atoms with E-state index < -0.39 is 57.9 Å². The van der Waals surface area contributed by atoms with Crippen LogP contribution >= 0.6 is 0 Å². The molecule has 0 bridgehead atoms. The molecular formula is C23H20F5N5O2. The highest BCUT2D eigenvalue weighted by molar-refractivity contribution is 6.03. The summed E-state index contributed by atoms with van der Waals surface area (Å²) < 4.78 is 77.5. The molecule has 0 saturated carbocycles. The second kappa shape index (κ2) is 9.10. The van der Waals surface area contributed by atoms with E-state index in [2.05, 4.69) is 10.3 Å². The van der Waals surface area contributed by atoms with Gasteiger partial charge in [-0.15, -0.1) is 0 Å². The van der Waals surface area contributed by atoms with Crippen LogP contribution in [0.1, 0.15) is 42.0 Å². The van der Waals surface area contributed by atoms with Gasteiger partial charge < -0.3 is 4.52 Å². The summed E-state index contributed by atoms with van der Waals surface area (Å²) in [5.74, 6) is 1.41. The molecule has 1 aromatic carbocycles. The SMILES string of the molecule is CCC1C(c2noc(-c3cnn(-c4ccccc4F)c3C(F)(F)F)c2C(=O)NN)=C(F)C=C[C@@H]1C. The first-order valence-corrected chi connectivity index (χ1v) is 10.6. The molecule has 0 radical (unpaired) electrons. The molecule has 7 nitrogen and oxygen atoms in total. The maximum absolute atomic E-state index is 15.0. The van der Waals surface area contributed by atoms with Gasteiger partial charge in [0.2, 0.25) is 0 Å². The normalized spacial score (nSPS) is 18.3. The summed E-state index contributed by atoms with van der Waals surface area (Å²) in [5, 5.41) is 7.49. The molecule has 35 heavy (non-hydrogen) atoms. The number of alkyl halides is 3. The Balaban J connectivity index is 2.00. The minimum Gasteiger partial charge on any atom is -0.355 e. The Morgan fingerprint density at radius 2 is 1.97 bits per heavy atom. The van der Waals surface area contributed by atoms with E-state index in [0.29, 0.717) is 11.1 Å². The minimum atomic E-state index is -5.05. The van der Waals surface area contributed by atoms with Crippen LogP contribution in [0.5, 0.6) is 0 Å². The lowest BCUT2D eigenvalue weighted by Crippen LogP contribution is -2.31. The molecule has 0 fully saturated rings. The van der Waals surface area contributed by atoms with Gasteiger partial charge in [-0.3, -0.25) is 10.2 Å². The zero-order valence-electron chi connectivity index (χ0n) is 18.5. The second-order valence-electron chi connectivity index (χ2n) is 7.97. The highest BCUT2D eigenvalue weighted by Gasteiger charge is 2.43. The van der Waals surface area contributed by atoms with Gasteiger partial charge >= 0.3 is 6.18 Å². The van der Waals surface area contributed by atoms with Crippen molar-refractivity contribution < 1.29 is 31.3 Å². The fourth-order valence-electron chi connectivity index (χ4n) is 4.30. The Labute approximate surface area is 196 Å². The topological polar surface area (TPSA) is 99.0 Å². The average Bonchev–Trinajstić information content (AvgIpc) is 3.44. The minimum absolute atomic E-state index is 0.0196. The van der Waals surface area contributed by atoms with Crippen molar-refractivity contribution in [3.05, 3.63) is 71.2 Å². The molecule has 1 aliphatic rings. The third kappa shape index (κ3) is 4.14. The van der Waals surface area contributed by atoms with E-state index in [-0.39, 0.29) is 17.2 Å².